The molecule has 2 heterocycles. The molecule has 0 aromatic carbocycles. The summed E-state index contributed by atoms with van der Waals surface area (Å²) in [5, 5.41) is 0. The minimum absolute atomic E-state index is 0.272. The summed E-state index contributed by atoms with van der Waals surface area (Å²) in [4.78, 5) is 14.8. The second kappa shape index (κ2) is 7.81. The highest BCUT2D eigenvalue weighted by Crippen LogP contribution is 2.18. The zero-order chi connectivity index (χ0) is 14.2. The first-order chi connectivity index (χ1) is 9.83. The van der Waals surface area contributed by atoms with Gasteiger partial charge < -0.3 is 14.4 Å². The smallest absolute Gasteiger partial charge is 0.323 e. The highest BCUT2D eigenvalue weighted by atomic mass is 16.5. The van der Waals surface area contributed by atoms with E-state index in [2.05, 4.69) is 25.3 Å². The molecule has 1 fully saturated rings. The maximum absolute atomic E-state index is 5.47. The van der Waals surface area contributed by atoms with Crippen molar-refractivity contribution < 1.29 is 9.47 Å². The Kier molecular flexibility index (Phi) is 5.75. The van der Waals surface area contributed by atoms with E-state index >= 15 is 0 Å². The third-order valence-corrected chi connectivity index (χ3v) is 3.03. The zero-order valence-corrected chi connectivity index (χ0v) is 11.8. The van der Waals surface area contributed by atoms with Gasteiger partial charge in [-0.2, -0.15) is 15.0 Å². The highest BCUT2D eigenvalue weighted by molar-refractivity contribution is 5.37. The summed E-state index contributed by atoms with van der Waals surface area (Å²) in [5.74, 6) is 6.31. The van der Waals surface area contributed by atoms with Crippen molar-refractivity contribution in [3.8, 4) is 6.01 Å². The third kappa shape index (κ3) is 4.17. The van der Waals surface area contributed by atoms with Crippen LogP contribution >= 0.6 is 0 Å². The summed E-state index contributed by atoms with van der Waals surface area (Å²) in [5.41, 5.74) is 2.45. The quantitative estimate of drug-likeness (QED) is 0.425. The van der Waals surface area contributed by atoms with Crippen molar-refractivity contribution in [1.82, 2.24) is 15.0 Å². The Morgan fingerprint density at radius 2 is 1.95 bits per heavy atom. The molecule has 1 aromatic heterocycles. The van der Waals surface area contributed by atoms with E-state index in [-0.39, 0.29) is 6.01 Å². The second-order valence-corrected chi connectivity index (χ2v) is 4.48. The molecule has 8 heteroatoms. The molecule has 0 bridgehead atoms. The molecule has 0 amide bonds. The van der Waals surface area contributed by atoms with Gasteiger partial charge in [0.2, 0.25) is 11.9 Å². The summed E-state index contributed by atoms with van der Waals surface area (Å²) in [6.45, 7) is 5.41. The molecule has 2 rings (SSSR count). The van der Waals surface area contributed by atoms with Crippen molar-refractivity contribution in [3.05, 3.63) is 0 Å². The molecule has 1 aliphatic rings. The number of ether oxygens (including phenoxy) is 2. The predicted octanol–water partition coefficient (Wildman–Crippen LogP) is 0.563. The molecule has 0 atom stereocenters. The molecule has 0 unspecified atom stereocenters. The molecule has 1 aromatic rings. The molecule has 0 spiro atoms. The van der Waals surface area contributed by atoms with E-state index in [1.165, 1.54) is 6.42 Å². The van der Waals surface area contributed by atoms with Crippen LogP contribution in [0.15, 0.2) is 0 Å². The van der Waals surface area contributed by atoms with Crippen molar-refractivity contribution in [2.24, 2.45) is 5.84 Å². The fraction of sp³-hybridized carbons (Fsp3) is 0.750. The van der Waals surface area contributed by atoms with Gasteiger partial charge in [0.05, 0.1) is 6.61 Å². The number of hydrogen-bond donors (Lipinski definition) is 2. The van der Waals surface area contributed by atoms with Crippen LogP contribution in [-0.2, 0) is 4.74 Å². The van der Waals surface area contributed by atoms with Gasteiger partial charge in [-0.25, -0.2) is 5.84 Å². The minimum Gasteiger partial charge on any atom is -0.461 e. The van der Waals surface area contributed by atoms with Crippen molar-refractivity contribution in [2.45, 2.75) is 26.2 Å². The Morgan fingerprint density at radius 1 is 1.15 bits per heavy atom. The average Bonchev–Trinajstić information content (AvgIpc) is 2.52. The number of rotatable bonds is 7. The summed E-state index contributed by atoms with van der Waals surface area (Å²) in [7, 11) is 0. The standard InChI is InChI=1S/C12H22N6O2/c1-2-19-8-9-20-12-15-10(17-13)14-11(16-12)18-6-4-3-5-7-18/h2-9,13H2,1H3,(H,14,15,16,17). The molecule has 8 nitrogen and oxygen atoms in total. The van der Waals surface area contributed by atoms with Crippen LogP contribution in [0.2, 0.25) is 0 Å². The molecule has 0 aliphatic carbocycles. The van der Waals surface area contributed by atoms with Gasteiger partial charge in [-0.1, -0.05) is 0 Å². The topological polar surface area (TPSA) is 98.4 Å². The molecule has 20 heavy (non-hydrogen) atoms. The van der Waals surface area contributed by atoms with Gasteiger partial charge in [0.1, 0.15) is 6.61 Å². The Morgan fingerprint density at radius 3 is 2.65 bits per heavy atom. The monoisotopic (exact) mass is 282 g/mol. The lowest BCUT2D eigenvalue weighted by molar-refractivity contribution is 0.106. The number of piperidine rings is 1. The first kappa shape index (κ1) is 14.7. The maximum atomic E-state index is 5.47. The second-order valence-electron chi connectivity index (χ2n) is 4.48. The fourth-order valence-electron chi connectivity index (χ4n) is 2.05. The van der Waals surface area contributed by atoms with Crippen molar-refractivity contribution >= 4 is 11.9 Å². The molecular weight excluding hydrogens is 260 g/mol. The lowest BCUT2D eigenvalue weighted by atomic mass is 10.1. The Balaban J connectivity index is 2.03. The average molecular weight is 282 g/mol. The van der Waals surface area contributed by atoms with Crippen LogP contribution in [0.3, 0.4) is 0 Å². The molecule has 1 saturated heterocycles. The van der Waals surface area contributed by atoms with Gasteiger partial charge >= 0.3 is 6.01 Å². The van der Waals surface area contributed by atoms with E-state index in [1.807, 2.05) is 6.92 Å². The summed E-state index contributed by atoms with van der Waals surface area (Å²) in [6, 6.07) is 0.272. The zero-order valence-electron chi connectivity index (χ0n) is 11.8. The Labute approximate surface area is 118 Å². The van der Waals surface area contributed by atoms with Gasteiger partial charge in [-0.05, 0) is 26.2 Å². The van der Waals surface area contributed by atoms with Gasteiger partial charge in [-0.15, -0.1) is 0 Å². The van der Waals surface area contributed by atoms with E-state index < -0.39 is 0 Å². The number of nitrogens with one attached hydrogen (secondary N) is 1. The summed E-state index contributed by atoms with van der Waals surface area (Å²) >= 11 is 0. The molecule has 112 valence electrons. The number of nitrogens with two attached hydrogens (primary N) is 1. The number of aromatic nitrogens is 3. The van der Waals surface area contributed by atoms with Gasteiger partial charge in [0, 0.05) is 19.7 Å². The van der Waals surface area contributed by atoms with E-state index in [4.69, 9.17) is 15.3 Å². The summed E-state index contributed by atoms with van der Waals surface area (Å²) in [6.07, 6.45) is 3.55. The Bertz CT molecular complexity index is 411. The van der Waals surface area contributed by atoms with Crippen LogP contribution < -0.4 is 20.9 Å². The highest BCUT2D eigenvalue weighted by Gasteiger charge is 2.16. The van der Waals surface area contributed by atoms with Crippen molar-refractivity contribution in [1.29, 1.82) is 0 Å². The van der Waals surface area contributed by atoms with E-state index in [1.54, 1.807) is 0 Å². The van der Waals surface area contributed by atoms with Crippen LogP contribution in [0.25, 0.3) is 0 Å². The van der Waals surface area contributed by atoms with Crippen LogP contribution in [-0.4, -0.2) is 47.9 Å². The van der Waals surface area contributed by atoms with Crippen LogP contribution in [0.5, 0.6) is 6.01 Å². The van der Waals surface area contributed by atoms with E-state index in [9.17, 15) is 0 Å². The van der Waals surface area contributed by atoms with Crippen LogP contribution in [0.1, 0.15) is 26.2 Å². The maximum Gasteiger partial charge on any atom is 0.323 e. The molecule has 0 radical (unpaired) electrons. The molecular formula is C12H22N6O2. The van der Waals surface area contributed by atoms with E-state index in [0.29, 0.717) is 31.7 Å². The first-order valence-corrected chi connectivity index (χ1v) is 7.01. The minimum atomic E-state index is 0.272. The number of nitrogen functional groups attached to an aromatic ring is 1. The van der Waals surface area contributed by atoms with E-state index in [0.717, 1.165) is 25.9 Å². The van der Waals surface area contributed by atoms with Gasteiger partial charge in [-0.3, -0.25) is 5.43 Å². The SMILES string of the molecule is CCOCCOc1nc(NN)nc(N2CCCCC2)n1. The van der Waals surface area contributed by atoms with Crippen LogP contribution in [0, 0.1) is 0 Å². The number of hydrogen-bond acceptors (Lipinski definition) is 8. The number of anilines is 2. The fourth-order valence-corrected chi connectivity index (χ4v) is 2.05. The largest absolute Gasteiger partial charge is 0.461 e. The third-order valence-electron chi connectivity index (χ3n) is 3.03. The number of nitrogens with zero attached hydrogens (tertiary/aromatic N) is 4. The Hall–Kier alpha value is -1.67. The summed E-state index contributed by atoms with van der Waals surface area (Å²) < 4.78 is 10.7. The van der Waals surface area contributed by atoms with Crippen LogP contribution in [0.4, 0.5) is 11.9 Å². The van der Waals surface area contributed by atoms with Gasteiger partial charge in [0.15, 0.2) is 0 Å². The number of hydrazine groups is 1. The van der Waals surface area contributed by atoms with Crippen molar-refractivity contribution in [2.75, 3.05) is 43.2 Å². The molecule has 3 N–H and O–H groups in total. The lowest BCUT2D eigenvalue weighted by Crippen LogP contribution is -2.31. The normalized spacial score (nSPS) is 15.2. The van der Waals surface area contributed by atoms with Gasteiger partial charge in [0.25, 0.3) is 0 Å². The molecule has 1 aliphatic heterocycles. The van der Waals surface area contributed by atoms with Crippen molar-refractivity contribution in [3.63, 3.8) is 0 Å². The molecule has 0 saturated carbocycles. The predicted molar refractivity (Wildman–Crippen MR) is 75.7 cm³/mol. The lowest BCUT2D eigenvalue weighted by Gasteiger charge is -2.26. The first-order valence-electron chi connectivity index (χ1n) is 7.01.